The third-order valence-electron chi connectivity index (χ3n) is 2.85. The van der Waals surface area contributed by atoms with E-state index in [-0.39, 0.29) is 0 Å². The van der Waals surface area contributed by atoms with Gasteiger partial charge < -0.3 is 10.6 Å². The Bertz CT molecular complexity index is 305. The molecule has 0 atom stereocenters. The second-order valence-corrected chi connectivity index (χ2v) is 3.85. The van der Waals surface area contributed by atoms with Crippen molar-refractivity contribution in [2.24, 2.45) is 5.73 Å². The number of para-hydroxylation sites is 1. The van der Waals surface area contributed by atoms with E-state index < -0.39 is 0 Å². The summed E-state index contributed by atoms with van der Waals surface area (Å²) >= 11 is 0. The zero-order chi connectivity index (χ0) is 9.97. The van der Waals surface area contributed by atoms with Gasteiger partial charge in [-0.1, -0.05) is 18.2 Å². The number of hydrogen-bond acceptors (Lipinski definition) is 2. The molecule has 0 bridgehead atoms. The maximum absolute atomic E-state index is 5.74. The van der Waals surface area contributed by atoms with Gasteiger partial charge in [0.05, 0.1) is 0 Å². The Hall–Kier alpha value is -1.02. The van der Waals surface area contributed by atoms with Crippen LogP contribution in [0.4, 0.5) is 5.69 Å². The lowest BCUT2D eigenvalue weighted by Gasteiger charge is -2.25. The molecular formula is C12H18N2. The van der Waals surface area contributed by atoms with Crippen molar-refractivity contribution in [2.45, 2.75) is 32.4 Å². The Kier molecular flexibility index (Phi) is 2.73. The predicted molar refractivity (Wildman–Crippen MR) is 60.4 cm³/mol. The lowest BCUT2D eigenvalue weighted by Crippen LogP contribution is -2.26. The molecule has 14 heavy (non-hydrogen) atoms. The van der Waals surface area contributed by atoms with Crippen LogP contribution in [0, 0.1) is 0 Å². The van der Waals surface area contributed by atoms with Crippen LogP contribution in [0.5, 0.6) is 0 Å². The number of hydrogen-bond donors (Lipinski definition) is 1. The van der Waals surface area contributed by atoms with Crippen LogP contribution in [-0.4, -0.2) is 12.6 Å². The first-order valence-electron chi connectivity index (χ1n) is 5.41. The van der Waals surface area contributed by atoms with Crippen molar-refractivity contribution in [3.63, 3.8) is 0 Å². The molecule has 0 aliphatic heterocycles. The molecule has 0 heterocycles. The molecule has 0 saturated heterocycles. The Balaban J connectivity index is 2.27. The monoisotopic (exact) mass is 190 g/mol. The van der Waals surface area contributed by atoms with Gasteiger partial charge in [-0.25, -0.2) is 0 Å². The largest absolute Gasteiger partial charge is 0.369 e. The van der Waals surface area contributed by atoms with Gasteiger partial charge in [-0.2, -0.15) is 0 Å². The van der Waals surface area contributed by atoms with Crippen molar-refractivity contribution in [1.29, 1.82) is 0 Å². The molecule has 0 radical (unpaired) electrons. The average molecular weight is 190 g/mol. The second-order valence-electron chi connectivity index (χ2n) is 3.85. The first-order chi connectivity index (χ1) is 6.86. The topological polar surface area (TPSA) is 29.3 Å². The van der Waals surface area contributed by atoms with Crippen LogP contribution in [0.3, 0.4) is 0 Å². The fourth-order valence-corrected chi connectivity index (χ4v) is 1.98. The molecule has 1 aliphatic carbocycles. The Morgan fingerprint density at radius 1 is 1.36 bits per heavy atom. The quantitative estimate of drug-likeness (QED) is 0.788. The zero-order valence-corrected chi connectivity index (χ0v) is 8.74. The summed E-state index contributed by atoms with van der Waals surface area (Å²) in [6.45, 7) is 3.94. The van der Waals surface area contributed by atoms with Gasteiger partial charge in [0.25, 0.3) is 0 Å². The molecule has 0 unspecified atom stereocenters. The highest BCUT2D eigenvalue weighted by molar-refractivity contribution is 5.55. The molecule has 1 fully saturated rings. The van der Waals surface area contributed by atoms with E-state index in [4.69, 9.17) is 5.73 Å². The normalized spacial score (nSPS) is 15.6. The molecule has 1 aliphatic rings. The smallest absolute Gasteiger partial charge is 0.0414 e. The Morgan fingerprint density at radius 2 is 2.07 bits per heavy atom. The van der Waals surface area contributed by atoms with Crippen molar-refractivity contribution in [2.75, 3.05) is 11.4 Å². The van der Waals surface area contributed by atoms with E-state index >= 15 is 0 Å². The van der Waals surface area contributed by atoms with E-state index in [2.05, 4.69) is 36.1 Å². The van der Waals surface area contributed by atoms with Gasteiger partial charge in [0.15, 0.2) is 0 Å². The summed E-state index contributed by atoms with van der Waals surface area (Å²) in [5.41, 5.74) is 8.34. The van der Waals surface area contributed by atoms with E-state index in [9.17, 15) is 0 Å². The third kappa shape index (κ3) is 1.75. The molecule has 2 heteroatoms. The van der Waals surface area contributed by atoms with Crippen molar-refractivity contribution in [3.05, 3.63) is 29.8 Å². The van der Waals surface area contributed by atoms with E-state index in [1.165, 1.54) is 24.1 Å². The average Bonchev–Trinajstić information content (AvgIpc) is 3.04. The zero-order valence-electron chi connectivity index (χ0n) is 8.74. The summed E-state index contributed by atoms with van der Waals surface area (Å²) < 4.78 is 0. The highest BCUT2D eigenvalue weighted by atomic mass is 15.2. The predicted octanol–water partition coefficient (Wildman–Crippen LogP) is 2.13. The van der Waals surface area contributed by atoms with Crippen molar-refractivity contribution in [3.8, 4) is 0 Å². The molecule has 2 nitrogen and oxygen atoms in total. The van der Waals surface area contributed by atoms with Crippen LogP contribution in [-0.2, 0) is 6.54 Å². The number of anilines is 1. The Morgan fingerprint density at radius 3 is 2.64 bits per heavy atom. The molecule has 0 aromatic heterocycles. The summed E-state index contributed by atoms with van der Waals surface area (Å²) in [4.78, 5) is 2.47. The fourth-order valence-electron chi connectivity index (χ4n) is 1.98. The lowest BCUT2D eigenvalue weighted by molar-refractivity contribution is 0.816. The highest BCUT2D eigenvalue weighted by Crippen LogP contribution is 2.32. The molecule has 1 aromatic carbocycles. The summed E-state index contributed by atoms with van der Waals surface area (Å²) in [5.74, 6) is 0. The van der Waals surface area contributed by atoms with Gasteiger partial charge in [-0.15, -0.1) is 0 Å². The van der Waals surface area contributed by atoms with E-state index in [0.29, 0.717) is 6.54 Å². The van der Waals surface area contributed by atoms with Crippen LogP contribution in [0.25, 0.3) is 0 Å². The number of rotatable bonds is 4. The summed E-state index contributed by atoms with van der Waals surface area (Å²) in [6, 6.07) is 9.24. The number of benzene rings is 1. The molecule has 1 saturated carbocycles. The minimum absolute atomic E-state index is 0.638. The van der Waals surface area contributed by atoms with E-state index in [1.54, 1.807) is 0 Å². The van der Waals surface area contributed by atoms with E-state index in [1.807, 2.05) is 0 Å². The SMILES string of the molecule is CCN(c1ccccc1CN)C1CC1. The summed E-state index contributed by atoms with van der Waals surface area (Å²) in [6.07, 6.45) is 2.68. The van der Waals surface area contributed by atoms with Gasteiger partial charge in [0.2, 0.25) is 0 Å². The van der Waals surface area contributed by atoms with Crippen molar-refractivity contribution >= 4 is 5.69 Å². The molecule has 0 amide bonds. The molecule has 76 valence electrons. The first-order valence-corrected chi connectivity index (χ1v) is 5.41. The molecule has 0 spiro atoms. The molecule has 2 N–H and O–H groups in total. The second kappa shape index (κ2) is 4.01. The van der Waals surface area contributed by atoms with Crippen LogP contribution in [0.2, 0.25) is 0 Å². The summed E-state index contributed by atoms with van der Waals surface area (Å²) in [5, 5.41) is 0. The lowest BCUT2D eigenvalue weighted by atomic mass is 10.1. The highest BCUT2D eigenvalue weighted by Gasteiger charge is 2.28. The maximum atomic E-state index is 5.74. The number of nitrogens with zero attached hydrogens (tertiary/aromatic N) is 1. The minimum atomic E-state index is 0.638. The van der Waals surface area contributed by atoms with Gasteiger partial charge in [0, 0.05) is 24.8 Å². The molecule has 2 rings (SSSR count). The van der Waals surface area contributed by atoms with Gasteiger partial charge >= 0.3 is 0 Å². The van der Waals surface area contributed by atoms with Crippen LogP contribution < -0.4 is 10.6 Å². The third-order valence-corrected chi connectivity index (χ3v) is 2.85. The van der Waals surface area contributed by atoms with Crippen LogP contribution >= 0.6 is 0 Å². The van der Waals surface area contributed by atoms with Crippen molar-refractivity contribution < 1.29 is 0 Å². The molecule has 1 aromatic rings. The van der Waals surface area contributed by atoms with Crippen LogP contribution in [0.1, 0.15) is 25.3 Å². The molecular weight excluding hydrogens is 172 g/mol. The summed E-state index contributed by atoms with van der Waals surface area (Å²) in [7, 11) is 0. The fraction of sp³-hybridized carbons (Fsp3) is 0.500. The van der Waals surface area contributed by atoms with Crippen LogP contribution in [0.15, 0.2) is 24.3 Å². The maximum Gasteiger partial charge on any atom is 0.0414 e. The number of nitrogens with two attached hydrogens (primary N) is 1. The van der Waals surface area contributed by atoms with Crippen molar-refractivity contribution in [1.82, 2.24) is 0 Å². The standard InChI is InChI=1S/C12H18N2/c1-2-14(11-7-8-11)12-6-4-3-5-10(12)9-13/h3-6,11H,2,7-9,13H2,1H3. The van der Waals surface area contributed by atoms with Gasteiger partial charge in [-0.05, 0) is 31.4 Å². The van der Waals surface area contributed by atoms with E-state index in [0.717, 1.165) is 12.6 Å². The first kappa shape index (κ1) is 9.53. The Labute approximate surface area is 85.7 Å². The minimum Gasteiger partial charge on any atom is -0.369 e. The van der Waals surface area contributed by atoms with Gasteiger partial charge in [-0.3, -0.25) is 0 Å². The van der Waals surface area contributed by atoms with Gasteiger partial charge in [0.1, 0.15) is 0 Å².